The summed E-state index contributed by atoms with van der Waals surface area (Å²) in [6, 6.07) is 0. The highest BCUT2D eigenvalue weighted by molar-refractivity contribution is 6.55. The van der Waals surface area contributed by atoms with Gasteiger partial charge < -0.3 is 5.11 Å². The van der Waals surface area contributed by atoms with Crippen LogP contribution in [0.3, 0.4) is 0 Å². The van der Waals surface area contributed by atoms with Crippen molar-refractivity contribution in [3.05, 3.63) is 10.6 Å². The lowest BCUT2D eigenvalue weighted by molar-refractivity contribution is -0.139. The van der Waals surface area contributed by atoms with E-state index >= 15 is 0 Å². The Morgan fingerprint density at radius 2 is 2.15 bits per heavy atom. The smallest absolute Gasteiger partial charge is 0.307 e. The first kappa shape index (κ1) is 10.9. The summed E-state index contributed by atoms with van der Waals surface area (Å²) in [6.07, 6.45) is 2.46. The van der Waals surface area contributed by atoms with Crippen molar-refractivity contribution in [2.75, 3.05) is 0 Å². The van der Waals surface area contributed by atoms with Gasteiger partial charge in [-0.2, -0.15) is 0 Å². The molecule has 0 aliphatic heterocycles. The van der Waals surface area contributed by atoms with E-state index in [4.69, 9.17) is 28.3 Å². The number of carboxylic acids is 1. The number of allylic oxidation sites excluding steroid dienone is 1. The third-order valence-corrected chi connectivity index (χ3v) is 3.31. The van der Waals surface area contributed by atoms with E-state index in [1.165, 1.54) is 0 Å². The normalized spacial score (nSPS) is 36.9. The van der Waals surface area contributed by atoms with E-state index in [1.54, 1.807) is 6.08 Å². The van der Waals surface area contributed by atoms with Gasteiger partial charge in [-0.15, -0.1) is 0 Å². The molecule has 1 aliphatic rings. The van der Waals surface area contributed by atoms with Crippen LogP contribution >= 0.6 is 23.2 Å². The average molecular weight is 223 g/mol. The third-order valence-electron chi connectivity index (χ3n) is 3.06. The molecule has 1 N–H and O–H groups in total. The maximum Gasteiger partial charge on any atom is 0.307 e. The van der Waals surface area contributed by atoms with Gasteiger partial charge in [0.1, 0.15) is 4.49 Å². The van der Waals surface area contributed by atoms with Crippen molar-refractivity contribution in [3.63, 3.8) is 0 Å². The van der Waals surface area contributed by atoms with Gasteiger partial charge >= 0.3 is 5.97 Å². The first-order valence-electron chi connectivity index (χ1n) is 4.19. The Morgan fingerprint density at radius 3 is 2.38 bits per heavy atom. The van der Waals surface area contributed by atoms with Crippen LogP contribution in [-0.4, -0.2) is 11.1 Å². The zero-order valence-corrected chi connectivity index (χ0v) is 9.06. The predicted octanol–water partition coefficient (Wildman–Crippen LogP) is 3.05. The molecule has 1 rings (SSSR count). The van der Waals surface area contributed by atoms with E-state index in [0.717, 1.165) is 6.42 Å². The first-order chi connectivity index (χ1) is 5.93. The van der Waals surface area contributed by atoms with Crippen LogP contribution in [0.2, 0.25) is 0 Å². The molecule has 2 nitrogen and oxygen atoms in total. The van der Waals surface area contributed by atoms with E-state index in [-0.39, 0.29) is 21.7 Å². The Morgan fingerprint density at radius 1 is 1.62 bits per heavy atom. The first-order valence-corrected chi connectivity index (χ1v) is 4.94. The van der Waals surface area contributed by atoms with Gasteiger partial charge in [0.2, 0.25) is 0 Å². The summed E-state index contributed by atoms with van der Waals surface area (Å²) in [5.74, 6) is -1.11. The van der Waals surface area contributed by atoms with Gasteiger partial charge in [-0.05, 0) is 23.8 Å². The summed E-state index contributed by atoms with van der Waals surface area (Å²) in [4.78, 5) is 10.8. The number of halogens is 2. The topological polar surface area (TPSA) is 37.3 Å². The quantitative estimate of drug-likeness (QED) is 0.798. The van der Waals surface area contributed by atoms with Crippen LogP contribution in [0.1, 0.15) is 20.3 Å². The van der Waals surface area contributed by atoms with E-state index in [2.05, 4.69) is 0 Å². The fraction of sp³-hybridized carbons (Fsp3) is 0.667. The van der Waals surface area contributed by atoms with Gasteiger partial charge in [-0.3, -0.25) is 4.79 Å². The Bertz CT molecular complexity index is 258. The van der Waals surface area contributed by atoms with Gasteiger partial charge in [-0.1, -0.05) is 37.0 Å². The summed E-state index contributed by atoms with van der Waals surface area (Å²) >= 11 is 11.0. The van der Waals surface area contributed by atoms with Gasteiger partial charge in [0, 0.05) is 0 Å². The summed E-state index contributed by atoms with van der Waals surface area (Å²) in [7, 11) is 0. The van der Waals surface area contributed by atoms with Crippen LogP contribution in [-0.2, 0) is 4.79 Å². The fourth-order valence-electron chi connectivity index (χ4n) is 1.91. The SMILES string of the molecule is CCC1(C)C(C=C(Cl)Cl)C1C(=O)O. The van der Waals surface area contributed by atoms with Gasteiger partial charge in [0.05, 0.1) is 5.92 Å². The van der Waals surface area contributed by atoms with Crippen LogP contribution in [0.25, 0.3) is 0 Å². The minimum Gasteiger partial charge on any atom is -0.481 e. The molecule has 74 valence electrons. The highest BCUT2D eigenvalue weighted by Gasteiger charge is 2.62. The molecule has 1 aliphatic carbocycles. The maximum absolute atomic E-state index is 10.8. The highest BCUT2D eigenvalue weighted by Crippen LogP contribution is 2.62. The average Bonchev–Trinajstić information content (AvgIpc) is 2.56. The lowest BCUT2D eigenvalue weighted by atomic mass is 10.0. The van der Waals surface area contributed by atoms with Gasteiger partial charge in [0.25, 0.3) is 0 Å². The number of carbonyl (C=O) groups is 1. The molecule has 1 saturated carbocycles. The van der Waals surface area contributed by atoms with Crippen molar-refractivity contribution in [1.29, 1.82) is 0 Å². The predicted molar refractivity (Wildman–Crippen MR) is 52.8 cm³/mol. The lowest BCUT2D eigenvalue weighted by Gasteiger charge is -2.03. The number of hydrogen-bond acceptors (Lipinski definition) is 1. The van der Waals surface area contributed by atoms with Gasteiger partial charge in [-0.25, -0.2) is 0 Å². The van der Waals surface area contributed by atoms with Crippen molar-refractivity contribution in [3.8, 4) is 0 Å². The summed E-state index contributed by atoms with van der Waals surface area (Å²) in [6.45, 7) is 3.93. The zero-order valence-electron chi connectivity index (χ0n) is 7.55. The van der Waals surface area contributed by atoms with Crippen LogP contribution in [0.4, 0.5) is 0 Å². The van der Waals surface area contributed by atoms with Crippen molar-refractivity contribution in [2.24, 2.45) is 17.3 Å². The highest BCUT2D eigenvalue weighted by atomic mass is 35.5. The van der Waals surface area contributed by atoms with Crippen LogP contribution in [0.5, 0.6) is 0 Å². The Labute approximate surface area is 87.5 Å². The maximum atomic E-state index is 10.8. The molecule has 0 aromatic heterocycles. The largest absolute Gasteiger partial charge is 0.481 e. The number of aliphatic carboxylic acids is 1. The molecule has 13 heavy (non-hydrogen) atoms. The monoisotopic (exact) mass is 222 g/mol. The molecular weight excluding hydrogens is 211 g/mol. The number of carboxylic acid groups (broad SMARTS) is 1. The summed E-state index contributed by atoms with van der Waals surface area (Å²) < 4.78 is 0.161. The van der Waals surface area contributed by atoms with Crippen LogP contribution in [0.15, 0.2) is 10.6 Å². The molecule has 0 aromatic carbocycles. The number of hydrogen-bond donors (Lipinski definition) is 1. The van der Waals surface area contributed by atoms with Crippen molar-refractivity contribution >= 4 is 29.2 Å². The molecule has 0 aromatic rings. The molecule has 3 unspecified atom stereocenters. The molecule has 0 saturated heterocycles. The third kappa shape index (κ3) is 1.84. The van der Waals surface area contributed by atoms with Crippen molar-refractivity contribution in [1.82, 2.24) is 0 Å². The minimum absolute atomic E-state index is 0.0139. The molecule has 0 heterocycles. The molecule has 0 bridgehead atoms. The van der Waals surface area contributed by atoms with E-state index < -0.39 is 5.97 Å². The van der Waals surface area contributed by atoms with E-state index in [9.17, 15) is 4.79 Å². The van der Waals surface area contributed by atoms with Crippen molar-refractivity contribution in [2.45, 2.75) is 20.3 Å². The van der Waals surface area contributed by atoms with Crippen LogP contribution < -0.4 is 0 Å². The van der Waals surface area contributed by atoms with E-state index in [0.29, 0.717) is 0 Å². The van der Waals surface area contributed by atoms with Crippen molar-refractivity contribution < 1.29 is 9.90 Å². The molecule has 0 spiro atoms. The molecule has 3 atom stereocenters. The standard InChI is InChI=1S/C9H12Cl2O2/c1-3-9(2)5(4-6(10)11)7(9)8(12)13/h4-5,7H,3H2,1-2H3,(H,12,13). The fourth-order valence-corrected chi connectivity index (χ4v) is 2.19. The summed E-state index contributed by atoms with van der Waals surface area (Å²) in [5.41, 5.74) is -0.166. The second-order valence-corrected chi connectivity index (χ2v) is 4.67. The minimum atomic E-state index is -0.764. The second-order valence-electron chi connectivity index (χ2n) is 3.66. The zero-order chi connectivity index (χ0) is 10.2. The molecule has 0 amide bonds. The van der Waals surface area contributed by atoms with E-state index in [1.807, 2.05) is 13.8 Å². The molecule has 4 heteroatoms. The molecule has 1 fully saturated rings. The summed E-state index contributed by atoms with van der Waals surface area (Å²) in [5, 5.41) is 8.89. The van der Waals surface area contributed by atoms with Gasteiger partial charge in [0.15, 0.2) is 0 Å². The molecule has 0 radical (unpaired) electrons. The van der Waals surface area contributed by atoms with Crippen LogP contribution in [0, 0.1) is 17.3 Å². The lowest BCUT2D eigenvalue weighted by Crippen LogP contribution is -2.05. The second kappa shape index (κ2) is 3.50. The number of rotatable bonds is 3. The Kier molecular flexibility index (Phi) is 2.93. The Balaban J connectivity index is 2.79. The molecular formula is C9H12Cl2O2. The Hall–Kier alpha value is -0.210.